The second-order valence-electron chi connectivity index (χ2n) is 4.74. The first kappa shape index (κ1) is 14.2. The van der Waals surface area contributed by atoms with Gasteiger partial charge in [-0.25, -0.2) is 4.98 Å². The van der Waals surface area contributed by atoms with Gasteiger partial charge in [-0.1, -0.05) is 6.92 Å². The Balaban J connectivity index is 1.72. The lowest BCUT2D eigenvalue weighted by Gasteiger charge is -2.10. The molecule has 0 fully saturated rings. The quantitative estimate of drug-likeness (QED) is 0.889. The minimum atomic E-state index is -0.107. The fourth-order valence-electron chi connectivity index (χ4n) is 2.12. The summed E-state index contributed by atoms with van der Waals surface area (Å²) in [7, 11) is 0. The van der Waals surface area contributed by atoms with Crippen LogP contribution in [0.5, 0.6) is 17.2 Å². The first-order valence-electron chi connectivity index (χ1n) is 6.89. The maximum Gasteiger partial charge on any atom is 0.231 e. The summed E-state index contributed by atoms with van der Waals surface area (Å²) < 4.78 is 16.4. The Morgan fingerprint density at radius 3 is 2.90 bits per heavy atom. The van der Waals surface area contributed by atoms with Crippen molar-refractivity contribution in [1.29, 1.82) is 0 Å². The van der Waals surface area contributed by atoms with Gasteiger partial charge in [-0.05, 0) is 18.9 Å². The van der Waals surface area contributed by atoms with Gasteiger partial charge in [-0.2, -0.15) is 0 Å². The van der Waals surface area contributed by atoms with Crippen LogP contribution in [0.3, 0.4) is 0 Å². The number of aliphatic hydroxyl groups is 1. The molecule has 1 aromatic heterocycles. The number of hydrogen-bond donors (Lipinski definition) is 1. The van der Waals surface area contributed by atoms with Crippen LogP contribution in [0.25, 0.3) is 0 Å². The molecule has 1 aliphatic heterocycles. The van der Waals surface area contributed by atoms with E-state index < -0.39 is 0 Å². The summed E-state index contributed by atoms with van der Waals surface area (Å²) in [5.74, 6) is 1.89. The predicted octanol–water partition coefficient (Wildman–Crippen LogP) is 2.90. The van der Waals surface area contributed by atoms with Crippen molar-refractivity contribution < 1.29 is 19.3 Å². The highest BCUT2D eigenvalue weighted by Gasteiger charge is 2.18. The number of benzene rings is 1. The van der Waals surface area contributed by atoms with Crippen LogP contribution in [0.2, 0.25) is 0 Å². The fourth-order valence-corrected chi connectivity index (χ4v) is 3.00. The average Bonchev–Trinajstić information content (AvgIpc) is 3.12. The molecule has 0 atom stereocenters. The Morgan fingerprint density at radius 1 is 1.33 bits per heavy atom. The summed E-state index contributed by atoms with van der Waals surface area (Å²) >= 11 is 1.65. The highest BCUT2D eigenvalue weighted by atomic mass is 32.1. The summed E-state index contributed by atoms with van der Waals surface area (Å²) in [6.07, 6.45) is 2.08. The van der Waals surface area contributed by atoms with E-state index in [9.17, 15) is 5.11 Å². The zero-order chi connectivity index (χ0) is 14.7. The van der Waals surface area contributed by atoms with Crippen LogP contribution in [0, 0.1) is 0 Å². The molecule has 6 heteroatoms. The molecular weight excluding hydrogens is 290 g/mol. The van der Waals surface area contributed by atoms with E-state index in [0.717, 1.165) is 23.5 Å². The Labute approximate surface area is 127 Å². The highest BCUT2D eigenvalue weighted by Crippen LogP contribution is 2.38. The number of aromatic nitrogens is 1. The van der Waals surface area contributed by atoms with Crippen molar-refractivity contribution in [3.63, 3.8) is 0 Å². The molecule has 0 saturated carbocycles. The fraction of sp³-hybridized carbons (Fsp3) is 0.400. The molecule has 0 spiro atoms. The molecule has 0 radical (unpaired) electrons. The number of hydrogen-bond acceptors (Lipinski definition) is 6. The van der Waals surface area contributed by atoms with Gasteiger partial charge in [-0.3, -0.25) is 0 Å². The molecule has 1 N–H and O–H groups in total. The Kier molecular flexibility index (Phi) is 4.26. The molecule has 1 aliphatic rings. The van der Waals surface area contributed by atoms with E-state index in [2.05, 4.69) is 11.9 Å². The van der Waals surface area contributed by atoms with E-state index in [1.807, 2.05) is 5.38 Å². The van der Waals surface area contributed by atoms with Crippen LogP contribution in [0.15, 0.2) is 17.5 Å². The van der Waals surface area contributed by atoms with Crippen molar-refractivity contribution in [2.45, 2.75) is 33.0 Å². The SMILES string of the molecule is CCCc1nc(COc2cc3c(cc2CO)OCO3)cs1. The lowest BCUT2D eigenvalue weighted by Crippen LogP contribution is -1.99. The monoisotopic (exact) mass is 307 g/mol. The smallest absolute Gasteiger partial charge is 0.231 e. The molecular formula is C15H17NO4S. The molecule has 0 bridgehead atoms. The molecule has 0 amide bonds. The third-order valence-electron chi connectivity index (χ3n) is 3.16. The number of rotatable bonds is 6. The molecule has 0 saturated heterocycles. The van der Waals surface area contributed by atoms with Crippen LogP contribution in [0.1, 0.15) is 29.6 Å². The molecule has 21 heavy (non-hydrogen) atoms. The number of ether oxygens (including phenoxy) is 3. The van der Waals surface area contributed by atoms with Crippen molar-refractivity contribution in [2.24, 2.45) is 0 Å². The van der Waals surface area contributed by atoms with Gasteiger partial charge in [0, 0.05) is 17.0 Å². The zero-order valence-electron chi connectivity index (χ0n) is 11.8. The van der Waals surface area contributed by atoms with Gasteiger partial charge in [0.2, 0.25) is 6.79 Å². The second-order valence-corrected chi connectivity index (χ2v) is 5.69. The van der Waals surface area contributed by atoms with E-state index in [1.165, 1.54) is 0 Å². The molecule has 0 aliphatic carbocycles. The normalized spacial score (nSPS) is 12.7. The zero-order valence-corrected chi connectivity index (χ0v) is 12.6. The highest BCUT2D eigenvalue weighted by molar-refractivity contribution is 7.09. The molecule has 0 unspecified atom stereocenters. The number of aryl methyl sites for hydroxylation is 1. The van der Waals surface area contributed by atoms with Gasteiger partial charge >= 0.3 is 0 Å². The maximum absolute atomic E-state index is 9.43. The number of fused-ring (bicyclic) bond motifs is 1. The van der Waals surface area contributed by atoms with Crippen molar-refractivity contribution in [2.75, 3.05) is 6.79 Å². The minimum absolute atomic E-state index is 0.107. The predicted molar refractivity (Wildman–Crippen MR) is 78.9 cm³/mol. The van der Waals surface area contributed by atoms with Crippen molar-refractivity contribution in [1.82, 2.24) is 4.98 Å². The van der Waals surface area contributed by atoms with Gasteiger partial charge in [0.05, 0.1) is 17.3 Å². The standard InChI is InChI=1S/C15H17NO4S/c1-2-3-15-16-11(8-21-15)7-18-12-5-14-13(19-9-20-14)4-10(12)6-17/h4-5,8,17H,2-3,6-7,9H2,1H3. The molecule has 1 aromatic carbocycles. The first-order valence-corrected chi connectivity index (χ1v) is 7.77. The maximum atomic E-state index is 9.43. The number of nitrogens with zero attached hydrogens (tertiary/aromatic N) is 1. The number of aliphatic hydroxyl groups excluding tert-OH is 1. The lowest BCUT2D eigenvalue weighted by molar-refractivity contribution is 0.173. The van der Waals surface area contributed by atoms with E-state index in [1.54, 1.807) is 23.5 Å². The van der Waals surface area contributed by atoms with Crippen LogP contribution in [-0.4, -0.2) is 16.9 Å². The first-order chi connectivity index (χ1) is 10.3. The molecule has 112 valence electrons. The van der Waals surface area contributed by atoms with E-state index in [4.69, 9.17) is 14.2 Å². The van der Waals surface area contributed by atoms with E-state index in [0.29, 0.717) is 29.4 Å². The van der Waals surface area contributed by atoms with Crippen LogP contribution in [0.4, 0.5) is 0 Å². The molecule has 2 aromatic rings. The van der Waals surface area contributed by atoms with Crippen molar-refractivity contribution in [3.05, 3.63) is 33.8 Å². The summed E-state index contributed by atoms with van der Waals surface area (Å²) in [6, 6.07) is 3.51. The van der Waals surface area contributed by atoms with Gasteiger partial charge < -0.3 is 19.3 Å². The largest absolute Gasteiger partial charge is 0.487 e. The summed E-state index contributed by atoms with van der Waals surface area (Å²) in [4.78, 5) is 4.52. The van der Waals surface area contributed by atoms with Crippen LogP contribution in [-0.2, 0) is 19.6 Å². The second kappa shape index (κ2) is 6.32. The van der Waals surface area contributed by atoms with Gasteiger partial charge in [0.1, 0.15) is 12.4 Å². The third-order valence-corrected chi connectivity index (χ3v) is 4.12. The van der Waals surface area contributed by atoms with E-state index >= 15 is 0 Å². The van der Waals surface area contributed by atoms with Crippen LogP contribution < -0.4 is 14.2 Å². The summed E-state index contributed by atoms with van der Waals surface area (Å²) in [5, 5.41) is 12.6. The molecule has 5 nitrogen and oxygen atoms in total. The van der Waals surface area contributed by atoms with Crippen molar-refractivity contribution in [3.8, 4) is 17.2 Å². The number of thiazole rings is 1. The van der Waals surface area contributed by atoms with Gasteiger partial charge in [0.15, 0.2) is 11.5 Å². The van der Waals surface area contributed by atoms with Crippen LogP contribution >= 0.6 is 11.3 Å². The molecule has 2 heterocycles. The Bertz CT molecular complexity index is 626. The molecule has 3 rings (SSSR count). The third kappa shape index (κ3) is 3.11. The Hall–Kier alpha value is -1.79. The van der Waals surface area contributed by atoms with Gasteiger partial charge in [0.25, 0.3) is 0 Å². The van der Waals surface area contributed by atoms with Crippen molar-refractivity contribution >= 4 is 11.3 Å². The lowest BCUT2D eigenvalue weighted by atomic mass is 10.2. The Morgan fingerprint density at radius 2 is 2.14 bits per heavy atom. The summed E-state index contributed by atoms with van der Waals surface area (Å²) in [5.41, 5.74) is 1.59. The summed E-state index contributed by atoms with van der Waals surface area (Å²) in [6.45, 7) is 2.62. The minimum Gasteiger partial charge on any atom is -0.487 e. The van der Waals surface area contributed by atoms with E-state index in [-0.39, 0.29) is 13.4 Å². The topological polar surface area (TPSA) is 60.8 Å². The average molecular weight is 307 g/mol. The van der Waals surface area contributed by atoms with Gasteiger partial charge in [-0.15, -0.1) is 11.3 Å².